The second-order valence-electron chi connectivity index (χ2n) is 4.58. The second kappa shape index (κ2) is 6.90. The second-order valence-corrected chi connectivity index (χ2v) is 5.56. The number of aliphatic carboxylic acids is 1. The molecule has 1 heterocycles. The summed E-state index contributed by atoms with van der Waals surface area (Å²) in [6.07, 6.45) is 0. The van der Waals surface area contributed by atoms with Crippen LogP contribution in [0.3, 0.4) is 0 Å². The number of urea groups is 1. The van der Waals surface area contributed by atoms with Crippen LogP contribution in [-0.2, 0) is 11.3 Å². The predicted octanol–water partition coefficient (Wildman–Crippen LogP) is 2.72. The van der Waals surface area contributed by atoms with Gasteiger partial charge in [-0.05, 0) is 17.0 Å². The van der Waals surface area contributed by atoms with Crippen LogP contribution in [0, 0.1) is 0 Å². The number of nitrogens with zero attached hydrogens (tertiary/aromatic N) is 1. The van der Waals surface area contributed by atoms with Crippen molar-refractivity contribution in [3.05, 3.63) is 58.3 Å². The molecular formula is C15H16N2O3S. The van der Waals surface area contributed by atoms with Crippen LogP contribution < -0.4 is 5.32 Å². The lowest BCUT2D eigenvalue weighted by Crippen LogP contribution is -2.41. The first-order valence-corrected chi connectivity index (χ1v) is 7.27. The van der Waals surface area contributed by atoms with Crippen molar-refractivity contribution in [2.24, 2.45) is 0 Å². The summed E-state index contributed by atoms with van der Waals surface area (Å²) in [4.78, 5) is 25.5. The lowest BCUT2D eigenvalue weighted by molar-refractivity contribution is -0.139. The Morgan fingerprint density at radius 2 is 1.95 bits per heavy atom. The zero-order valence-corrected chi connectivity index (χ0v) is 12.3. The third kappa shape index (κ3) is 4.06. The largest absolute Gasteiger partial charge is 0.479 e. The minimum absolute atomic E-state index is 0.417. The highest BCUT2D eigenvalue weighted by Crippen LogP contribution is 2.19. The summed E-state index contributed by atoms with van der Waals surface area (Å²) in [5.41, 5.74) is 0.984. The van der Waals surface area contributed by atoms with Crippen LogP contribution in [-0.4, -0.2) is 29.1 Å². The zero-order valence-electron chi connectivity index (χ0n) is 11.5. The minimum Gasteiger partial charge on any atom is -0.479 e. The predicted molar refractivity (Wildman–Crippen MR) is 81.1 cm³/mol. The van der Waals surface area contributed by atoms with Gasteiger partial charge in [0, 0.05) is 18.5 Å². The Bertz CT molecular complexity index is 599. The minimum atomic E-state index is -1.07. The Hall–Kier alpha value is -2.34. The molecule has 0 saturated heterocycles. The maximum atomic E-state index is 12.1. The third-order valence-corrected chi connectivity index (χ3v) is 3.89. The summed E-state index contributed by atoms with van der Waals surface area (Å²) in [6, 6.07) is 11.5. The Kier molecular flexibility index (Phi) is 4.94. The molecule has 2 amide bonds. The molecule has 0 fully saturated rings. The Labute approximate surface area is 126 Å². The Morgan fingerprint density at radius 1 is 1.24 bits per heavy atom. The summed E-state index contributed by atoms with van der Waals surface area (Å²) in [5, 5.41) is 13.6. The first-order chi connectivity index (χ1) is 10.1. The molecule has 110 valence electrons. The normalized spacial score (nSPS) is 11.7. The molecule has 0 aliphatic heterocycles. The molecule has 0 aliphatic rings. The molecule has 0 saturated carbocycles. The first kappa shape index (κ1) is 15.1. The van der Waals surface area contributed by atoms with Crippen molar-refractivity contribution < 1.29 is 14.7 Å². The number of nitrogens with one attached hydrogen (secondary N) is 1. The van der Waals surface area contributed by atoms with Crippen LogP contribution in [0.1, 0.15) is 16.5 Å². The van der Waals surface area contributed by atoms with Gasteiger partial charge in [-0.2, -0.15) is 0 Å². The van der Waals surface area contributed by atoms with Gasteiger partial charge in [-0.15, -0.1) is 11.3 Å². The number of carbonyl (C=O) groups is 2. The standard InChI is InChI=1S/C15H16N2O3S/c1-17(10-11-6-3-2-4-7-11)15(20)16-13(14(18)19)12-8-5-9-21-12/h2-9,13H,10H2,1H3,(H,16,20)(H,18,19). The van der Waals surface area contributed by atoms with Gasteiger partial charge in [0.2, 0.25) is 0 Å². The number of rotatable bonds is 5. The topological polar surface area (TPSA) is 69.6 Å². The number of hydrogen-bond donors (Lipinski definition) is 2. The van der Waals surface area contributed by atoms with Crippen molar-refractivity contribution in [3.8, 4) is 0 Å². The molecule has 0 radical (unpaired) electrons. The van der Waals surface area contributed by atoms with E-state index in [1.54, 1.807) is 24.6 Å². The van der Waals surface area contributed by atoms with Gasteiger partial charge in [0.1, 0.15) is 0 Å². The fraction of sp³-hybridized carbons (Fsp3) is 0.200. The molecular weight excluding hydrogens is 288 g/mol. The molecule has 1 aromatic carbocycles. The van der Waals surface area contributed by atoms with E-state index in [0.717, 1.165) is 5.56 Å². The highest BCUT2D eigenvalue weighted by Gasteiger charge is 2.24. The maximum Gasteiger partial charge on any atom is 0.331 e. The van der Waals surface area contributed by atoms with Crippen molar-refractivity contribution in [3.63, 3.8) is 0 Å². The number of benzene rings is 1. The summed E-state index contributed by atoms with van der Waals surface area (Å²) in [6.45, 7) is 0.420. The lowest BCUT2D eigenvalue weighted by Gasteiger charge is -2.21. The molecule has 2 aromatic rings. The van der Waals surface area contributed by atoms with Crippen molar-refractivity contribution in [1.82, 2.24) is 10.2 Å². The Balaban J connectivity index is 2.00. The van der Waals surface area contributed by atoms with E-state index in [4.69, 9.17) is 0 Å². The average Bonchev–Trinajstić information content (AvgIpc) is 2.99. The number of carboxylic acids is 1. The van der Waals surface area contributed by atoms with Crippen molar-refractivity contribution >= 4 is 23.3 Å². The first-order valence-electron chi connectivity index (χ1n) is 6.39. The number of carboxylic acid groups (broad SMARTS) is 1. The van der Waals surface area contributed by atoms with Crippen LogP contribution in [0.5, 0.6) is 0 Å². The van der Waals surface area contributed by atoms with Crippen LogP contribution >= 0.6 is 11.3 Å². The summed E-state index contributed by atoms with van der Waals surface area (Å²) >= 11 is 1.30. The third-order valence-electron chi connectivity index (χ3n) is 2.95. The molecule has 1 aromatic heterocycles. The van der Waals surface area contributed by atoms with Gasteiger partial charge in [0.05, 0.1) is 0 Å². The molecule has 0 bridgehead atoms. The van der Waals surface area contributed by atoms with Gasteiger partial charge in [-0.25, -0.2) is 9.59 Å². The van der Waals surface area contributed by atoms with Crippen LogP contribution in [0.15, 0.2) is 47.8 Å². The molecule has 1 unspecified atom stereocenters. The lowest BCUT2D eigenvalue weighted by atomic mass is 10.2. The zero-order chi connectivity index (χ0) is 15.2. The van der Waals surface area contributed by atoms with Gasteiger partial charge in [-0.1, -0.05) is 36.4 Å². The molecule has 2 rings (SSSR count). The van der Waals surface area contributed by atoms with Crippen molar-refractivity contribution in [1.29, 1.82) is 0 Å². The van der Waals surface area contributed by atoms with Gasteiger partial charge < -0.3 is 15.3 Å². The molecule has 5 nitrogen and oxygen atoms in total. The summed E-state index contributed by atoms with van der Waals surface area (Å²) in [7, 11) is 1.63. The van der Waals surface area contributed by atoms with Crippen LogP contribution in [0.4, 0.5) is 4.79 Å². The average molecular weight is 304 g/mol. The van der Waals surface area contributed by atoms with Gasteiger partial charge in [-0.3, -0.25) is 0 Å². The van der Waals surface area contributed by atoms with E-state index < -0.39 is 18.0 Å². The fourth-order valence-electron chi connectivity index (χ4n) is 1.87. The van der Waals surface area contributed by atoms with E-state index in [0.29, 0.717) is 11.4 Å². The van der Waals surface area contributed by atoms with Gasteiger partial charge in [0.25, 0.3) is 0 Å². The SMILES string of the molecule is CN(Cc1ccccc1)C(=O)NC(C(=O)O)c1cccs1. The van der Waals surface area contributed by atoms with Crippen LogP contribution in [0.2, 0.25) is 0 Å². The summed E-state index contributed by atoms with van der Waals surface area (Å²) < 4.78 is 0. The molecule has 0 aliphatic carbocycles. The summed E-state index contributed by atoms with van der Waals surface area (Å²) in [5.74, 6) is -1.07. The van der Waals surface area contributed by atoms with E-state index in [1.807, 2.05) is 30.3 Å². The fourth-order valence-corrected chi connectivity index (χ4v) is 2.64. The molecule has 1 atom stereocenters. The quantitative estimate of drug-likeness (QED) is 0.892. The maximum absolute atomic E-state index is 12.1. The highest BCUT2D eigenvalue weighted by molar-refractivity contribution is 7.10. The van der Waals surface area contributed by atoms with Gasteiger partial charge >= 0.3 is 12.0 Å². The van der Waals surface area contributed by atoms with Crippen molar-refractivity contribution in [2.45, 2.75) is 12.6 Å². The molecule has 21 heavy (non-hydrogen) atoms. The van der Waals surface area contributed by atoms with Crippen molar-refractivity contribution in [2.75, 3.05) is 7.05 Å². The molecule has 0 spiro atoms. The van der Waals surface area contributed by atoms with E-state index in [1.165, 1.54) is 16.2 Å². The monoisotopic (exact) mass is 304 g/mol. The number of thiophene rings is 1. The number of carbonyl (C=O) groups excluding carboxylic acids is 1. The molecule has 2 N–H and O–H groups in total. The molecule has 6 heteroatoms. The van der Waals surface area contributed by atoms with Crippen LogP contribution in [0.25, 0.3) is 0 Å². The van der Waals surface area contributed by atoms with E-state index in [9.17, 15) is 14.7 Å². The Morgan fingerprint density at radius 3 is 2.52 bits per heavy atom. The van der Waals surface area contributed by atoms with E-state index in [-0.39, 0.29) is 0 Å². The van der Waals surface area contributed by atoms with Gasteiger partial charge in [0.15, 0.2) is 6.04 Å². The number of hydrogen-bond acceptors (Lipinski definition) is 3. The van der Waals surface area contributed by atoms with E-state index in [2.05, 4.69) is 5.32 Å². The number of amides is 2. The van der Waals surface area contributed by atoms with E-state index >= 15 is 0 Å². The smallest absolute Gasteiger partial charge is 0.331 e. The highest BCUT2D eigenvalue weighted by atomic mass is 32.1.